The lowest BCUT2D eigenvalue weighted by Gasteiger charge is -2.32. The Morgan fingerprint density at radius 2 is 2.14 bits per heavy atom. The first-order valence-corrected chi connectivity index (χ1v) is 7.77. The van der Waals surface area contributed by atoms with Crippen LogP contribution in [0.25, 0.3) is 10.9 Å². The Labute approximate surface area is 137 Å². The summed E-state index contributed by atoms with van der Waals surface area (Å²) in [5.41, 5.74) is 2.36. The molecule has 0 aliphatic carbocycles. The second-order valence-corrected chi connectivity index (χ2v) is 5.83. The summed E-state index contributed by atoms with van der Waals surface area (Å²) in [4.78, 5) is 14.5. The van der Waals surface area contributed by atoms with Gasteiger partial charge in [0, 0.05) is 49.3 Å². The zero-order chi connectivity index (χ0) is 14.8. The van der Waals surface area contributed by atoms with Crippen LogP contribution in [0.15, 0.2) is 30.5 Å². The maximum Gasteiger partial charge on any atom is 0.227 e. The van der Waals surface area contributed by atoms with Gasteiger partial charge in [0.05, 0.1) is 6.42 Å². The SMILES string of the molecule is CCn1cc(CC(=O)N2CCN[C@H](C)C2)c2ccccc21.Cl. The van der Waals surface area contributed by atoms with Crippen LogP contribution >= 0.6 is 12.4 Å². The minimum absolute atomic E-state index is 0. The Balaban J connectivity index is 0.00000176. The van der Waals surface area contributed by atoms with E-state index in [9.17, 15) is 4.79 Å². The van der Waals surface area contributed by atoms with Crippen molar-refractivity contribution in [3.05, 3.63) is 36.0 Å². The van der Waals surface area contributed by atoms with Crippen LogP contribution < -0.4 is 5.32 Å². The highest BCUT2D eigenvalue weighted by Crippen LogP contribution is 2.22. The Morgan fingerprint density at radius 1 is 1.36 bits per heavy atom. The molecule has 1 aliphatic rings. The van der Waals surface area contributed by atoms with Crippen molar-refractivity contribution in [3.8, 4) is 0 Å². The number of aryl methyl sites for hydroxylation is 1. The highest BCUT2D eigenvalue weighted by atomic mass is 35.5. The first-order valence-electron chi connectivity index (χ1n) is 7.77. The van der Waals surface area contributed by atoms with Gasteiger partial charge in [0.1, 0.15) is 0 Å². The number of nitrogens with zero attached hydrogens (tertiary/aromatic N) is 2. The molecule has 0 saturated carbocycles. The average molecular weight is 322 g/mol. The fourth-order valence-electron chi connectivity index (χ4n) is 3.16. The third-order valence-electron chi connectivity index (χ3n) is 4.27. The summed E-state index contributed by atoms with van der Waals surface area (Å²) in [6, 6.07) is 8.73. The largest absolute Gasteiger partial charge is 0.347 e. The molecule has 1 aromatic carbocycles. The Bertz CT molecular complexity index is 652. The maximum atomic E-state index is 12.5. The molecule has 1 atom stereocenters. The normalized spacial score (nSPS) is 18.3. The zero-order valence-electron chi connectivity index (χ0n) is 13.2. The summed E-state index contributed by atoms with van der Waals surface area (Å²) in [6.45, 7) is 7.71. The first-order chi connectivity index (χ1) is 10.2. The number of carbonyl (C=O) groups excluding carboxylic acids is 1. The van der Waals surface area contributed by atoms with Crippen molar-refractivity contribution in [2.75, 3.05) is 19.6 Å². The van der Waals surface area contributed by atoms with Gasteiger partial charge in [0.25, 0.3) is 0 Å². The third kappa shape index (κ3) is 3.28. The van der Waals surface area contributed by atoms with E-state index in [-0.39, 0.29) is 18.3 Å². The van der Waals surface area contributed by atoms with Gasteiger partial charge in [0.15, 0.2) is 0 Å². The van der Waals surface area contributed by atoms with Crippen LogP contribution in [0.5, 0.6) is 0 Å². The van der Waals surface area contributed by atoms with Crippen molar-refractivity contribution in [2.45, 2.75) is 32.9 Å². The van der Waals surface area contributed by atoms with E-state index in [2.05, 4.69) is 48.1 Å². The second-order valence-electron chi connectivity index (χ2n) is 5.83. The van der Waals surface area contributed by atoms with Gasteiger partial charge in [-0.05, 0) is 25.5 Å². The topological polar surface area (TPSA) is 37.3 Å². The number of aromatic nitrogens is 1. The van der Waals surface area contributed by atoms with E-state index in [1.807, 2.05) is 11.0 Å². The van der Waals surface area contributed by atoms with Crippen LogP contribution in [-0.4, -0.2) is 41.1 Å². The van der Waals surface area contributed by atoms with E-state index in [4.69, 9.17) is 0 Å². The molecule has 0 spiro atoms. The smallest absolute Gasteiger partial charge is 0.227 e. The molecular formula is C17H24ClN3O. The lowest BCUT2D eigenvalue weighted by Crippen LogP contribution is -2.51. The number of amides is 1. The molecule has 0 radical (unpaired) electrons. The molecule has 1 saturated heterocycles. The maximum absolute atomic E-state index is 12.5. The standard InChI is InChI=1S/C17H23N3O.ClH/c1-3-19-12-14(15-6-4-5-7-16(15)19)10-17(21)20-9-8-18-13(2)11-20;/h4-7,12-13,18H,3,8-11H2,1-2H3;1H/t13-;/m1./s1. The molecule has 22 heavy (non-hydrogen) atoms. The quantitative estimate of drug-likeness (QED) is 0.943. The van der Waals surface area contributed by atoms with Gasteiger partial charge in [-0.15, -0.1) is 12.4 Å². The van der Waals surface area contributed by atoms with Gasteiger partial charge >= 0.3 is 0 Å². The monoisotopic (exact) mass is 321 g/mol. The summed E-state index contributed by atoms with van der Waals surface area (Å²) in [5, 5.41) is 4.58. The van der Waals surface area contributed by atoms with Crippen molar-refractivity contribution in [1.29, 1.82) is 0 Å². The molecular weight excluding hydrogens is 298 g/mol. The van der Waals surface area contributed by atoms with Crippen molar-refractivity contribution in [1.82, 2.24) is 14.8 Å². The number of halogens is 1. The van der Waals surface area contributed by atoms with Crippen molar-refractivity contribution in [2.24, 2.45) is 0 Å². The number of nitrogens with one attached hydrogen (secondary N) is 1. The zero-order valence-corrected chi connectivity index (χ0v) is 14.0. The lowest BCUT2D eigenvalue weighted by atomic mass is 10.1. The predicted molar refractivity (Wildman–Crippen MR) is 92.6 cm³/mol. The molecule has 0 unspecified atom stereocenters. The summed E-state index contributed by atoms with van der Waals surface area (Å²) in [5.74, 6) is 0.238. The van der Waals surface area contributed by atoms with Crippen LogP contribution in [0.3, 0.4) is 0 Å². The highest BCUT2D eigenvalue weighted by Gasteiger charge is 2.21. The van der Waals surface area contributed by atoms with Gasteiger partial charge in [0.2, 0.25) is 5.91 Å². The third-order valence-corrected chi connectivity index (χ3v) is 4.27. The van der Waals surface area contributed by atoms with Gasteiger partial charge in [-0.2, -0.15) is 0 Å². The predicted octanol–water partition coefficient (Wildman–Crippen LogP) is 2.45. The van der Waals surface area contributed by atoms with E-state index in [0.717, 1.165) is 31.7 Å². The van der Waals surface area contributed by atoms with Crippen LogP contribution in [0.2, 0.25) is 0 Å². The number of rotatable bonds is 3. The van der Waals surface area contributed by atoms with Gasteiger partial charge in [-0.25, -0.2) is 0 Å². The Morgan fingerprint density at radius 3 is 2.86 bits per heavy atom. The lowest BCUT2D eigenvalue weighted by molar-refractivity contribution is -0.131. The molecule has 1 fully saturated rings. The highest BCUT2D eigenvalue weighted by molar-refractivity contribution is 5.89. The summed E-state index contributed by atoms with van der Waals surface area (Å²) < 4.78 is 2.22. The van der Waals surface area contributed by atoms with Gasteiger partial charge < -0.3 is 14.8 Å². The van der Waals surface area contributed by atoms with E-state index >= 15 is 0 Å². The van der Waals surface area contributed by atoms with Crippen LogP contribution in [-0.2, 0) is 17.8 Å². The number of benzene rings is 1. The second kappa shape index (κ2) is 7.16. The number of fused-ring (bicyclic) bond motifs is 1. The average Bonchev–Trinajstić information content (AvgIpc) is 2.85. The van der Waals surface area contributed by atoms with Crippen LogP contribution in [0.1, 0.15) is 19.4 Å². The van der Waals surface area contributed by atoms with Crippen molar-refractivity contribution < 1.29 is 4.79 Å². The summed E-state index contributed by atoms with van der Waals surface area (Å²) >= 11 is 0. The fourth-order valence-corrected chi connectivity index (χ4v) is 3.16. The first kappa shape index (κ1) is 16.8. The molecule has 5 heteroatoms. The number of hydrogen-bond acceptors (Lipinski definition) is 2. The number of para-hydroxylation sites is 1. The van der Waals surface area contributed by atoms with Crippen LogP contribution in [0.4, 0.5) is 0 Å². The molecule has 1 N–H and O–H groups in total. The minimum atomic E-state index is 0. The Hall–Kier alpha value is -1.52. The van der Waals surface area contributed by atoms with Gasteiger partial charge in [-0.3, -0.25) is 4.79 Å². The van der Waals surface area contributed by atoms with Crippen molar-refractivity contribution >= 4 is 29.2 Å². The number of piperazine rings is 1. The van der Waals surface area contributed by atoms with Gasteiger partial charge in [-0.1, -0.05) is 18.2 Å². The van der Waals surface area contributed by atoms with E-state index in [1.165, 1.54) is 10.9 Å². The molecule has 2 heterocycles. The Kier molecular flexibility index (Phi) is 5.48. The molecule has 1 aliphatic heterocycles. The van der Waals surface area contributed by atoms with E-state index in [1.54, 1.807) is 0 Å². The summed E-state index contributed by atoms with van der Waals surface area (Å²) in [7, 11) is 0. The molecule has 2 aromatic rings. The fraction of sp³-hybridized carbons (Fsp3) is 0.471. The number of hydrogen-bond donors (Lipinski definition) is 1. The minimum Gasteiger partial charge on any atom is -0.347 e. The van der Waals surface area contributed by atoms with E-state index in [0.29, 0.717) is 12.5 Å². The van der Waals surface area contributed by atoms with Crippen LogP contribution in [0, 0.1) is 0 Å². The van der Waals surface area contributed by atoms with Crippen molar-refractivity contribution in [3.63, 3.8) is 0 Å². The molecule has 120 valence electrons. The molecule has 1 amide bonds. The molecule has 0 bridgehead atoms. The molecule has 1 aromatic heterocycles. The summed E-state index contributed by atoms with van der Waals surface area (Å²) in [6.07, 6.45) is 2.63. The molecule has 4 nitrogen and oxygen atoms in total. The molecule has 3 rings (SSSR count). The van der Waals surface area contributed by atoms with E-state index < -0.39 is 0 Å². The number of carbonyl (C=O) groups is 1.